The first-order chi connectivity index (χ1) is 16.0. The van der Waals surface area contributed by atoms with Crippen LogP contribution in [0.15, 0.2) is 54.9 Å². The SMILES string of the molecule is Cc1ccc(NC(=O)C(C)(C)c2ccc3c(c2)OC(F)(F)O3)nc1-c1ccc2c(c1)ncn2C. The number of carbonyl (C=O) groups is 1. The lowest BCUT2D eigenvalue weighted by atomic mass is 9.83. The molecule has 1 aliphatic heterocycles. The Kier molecular flexibility index (Phi) is 4.82. The highest BCUT2D eigenvalue weighted by atomic mass is 19.3. The summed E-state index contributed by atoms with van der Waals surface area (Å²) in [5, 5.41) is 2.85. The largest absolute Gasteiger partial charge is 0.586 e. The van der Waals surface area contributed by atoms with Gasteiger partial charge in [-0.1, -0.05) is 18.2 Å². The fraction of sp³-hybridized carbons (Fsp3) is 0.240. The molecular weight excluding hydrogens is 442 g/mol. The Balaban J connectivity index is 1.41. The van der Waals surface area contributed by atoms with Crippen molar-refractivity contribution in [2.75, 3.05) is 5.32 Å². The van der Waals surface area contributed by atoms with Gasteiger partial charge in [0.15, 0.2) is 11.5 Å². The Hall–Kier alpha value is -4.01. The average Bonchev–Trinajstić information content (AvgIpc) is 3.31. The van der Waals surface area contributed by atoms with Crippen molar-refractivity contribution < 1.29 is 23.0 Å². The molecule has 1 aliphatic rings. The minimum atomic E-state index is -3.71. The molecule has 174 valence electrons. The maximum atomic E-state index is 13.4. The van der Waals surface area contributed by atoms with E-state index in [9.17, 15) is 13.6 Å². The quantitative estimate of drug-likeness (QED) is 0.450. The molecule has 1 N–H and O–H groups in total. The number of carbonyl (C=O) groups excluding carboxylic acids is 1. The smallest absolute Gasteiger partial charge is 0.395 e. The lowest BCUT2D eigenvalue weighted by Crippen LogP contribution is -2.35. The van der Waals surface area contributed by atoms with E-state index < -0.39 is 11.7 Å². The van der Waals surface area contributed by atoms with Crippen molar-refractivity contribution in [1.29, 1.82) is 0 Å². The summed E-state index contributed by atoms with van der Waals surface area (Å²) in [7, 11) is 1.93. The zero-order valence-corrected chi connectivity index (χ0v) is 19.0. The lowest BCUT2D eigenvalue weighted by Gasteiger charge is -2.24. The molecule has 9 heteroatoms. The van der Waals surface area contributed by atoms with E-state index in [1.165, 1.54) is 12.1 Å². The molecule has 4 aromatic rings. The summed E-state index contributed by atoms with van der Waals surface area (Å²) in [6.45, 7) is 5.34. The molecule has 0 bridgehead atoms. The zero-order chi connectivity index (χ0) is 24.3. The van der Waals surface area contributed by atoms with Gasteiger partial charge in [-0.15, -0.1) is 8.78 Å². The van der Waals surface area contributed by atoms with E-state index in [1.54, 1.807) is 32.3 Å². The van der Waals surface area contributed by atoms with E-state index >= 15 is 0 Å². The van der Waals surface area contributed by atoms with Gasteiger partial charge in [0.25, 0.3) is 0 Å². The third-order valence-electron chi connectivity index (χ3n) is 6.03. The Morgan fingerprint density at radius 3 is 2.62 bits per heavy atom. The van der Waals surface area contributed by atoms with Crippen LogP contribution in [0, 0.1) is 6.92 Å². The standard InChI is InChI=1S/C25H22F2N4O3/c1-14-5-10-21(29-22(14)15-6-8-18-17(11-15)28-13-31(18)4)30-23(32)24(2,3)16-7-9-19-20(12-16)34-25(26,27)33-19/h5-13H,1-4H3,(H,29,30,32). The first kappa shape index (κ1) is 21.8. The summed E-state index contributed by atoms with van der Waals surface area (Å²) >= 11 is 0. The van der Waals surface area contributed by atoms with Crippen LogP contribution in [0.25, 0.3) is 22.3 Å². The third kappa shape index (κ3) is 3.72. The normalized spacial score (nSPS) is 14.4. The number of nitrogens with one attached hydrogen (secondary N) is 1. The van der Waals surface area contributed by atoms with Gasteiger partial charge in [0.05, 0.1) is 28.5 Å². The van der Waals surface area contributed by atoms with Gasteiger partial charge < -0.3 is 19.4 Å². The first-order valence-electron chi connectivity index (χ1n) is 10.6. The van der Waals surface area contributed by atoms with Gasteiger partial charge in [0.2, 0.25) is 5.91 Å². The number of ether oxygens (including phenoxy) is 2. The van der Waals surface area contributed by atoms with Crippen molar-refractivity contribution in [3.05, 3.63) is 66.0 Å². The van der Waals surface area contributed by atoms with Crippen LogP contribution in [0.3, 0.4) is 0 Å². The number of nitrogens with zero attached hydrogens (tertiary/aromatic N) is 3. The molecular formula is C25H22F2N4O3. The Morgan fingerprint density at radius 2 is 1.82 bits per heavy atom. The number of hydrogen-bond acceptors (Lipinski definition) is 5. The fourth-order valence-electron chi connectivity index (χ4n) is 3.92. The van der Waals surface area contributed by atoms with E-state index in [4.69, 9.17) is 0 Å². The highest BCUT2D eigenvalue weighted by molar-refractivity contribution is 5.98. The van der Waals surface area contributed by atoms with Crippen molar-refractivity contribution >= 4 is 22.8 Å². The van der Waals surface area contributed by atoms with Crippen molar-refractivity contribution in [1.82, 2.24) is 14.5 Å². The van der Waals surface area contributed by atoms with Crippen molar-refractivity contribution in [2.45, 2.75) is 32.5 Å². The first-order valence-corrected chi connectivity index (χ1v) is 10.6. The molecule has 0 aliphatic carbocycles. The Labute approximate surface area is 194 Å². The molecule has 0 radical (unpaired) electrons. The van der Waals surface area contributed by atoms with Gasteiger partial charge in [-0.2, -0.15) is 0 Å². The van der Waals surface area contributed by atoms with Crippen LogP contribution in [-0.4, -0.2) is 26.7 Å². The molecule has 0 fully saturated rings. The van der Waals surface area contributed by atoms with E-state index in [0.717, 1.165) is 27.9 Å². The minimum absolute atomic E-state index is 0.0697. The number of pyridine rings is 1. The van der Waals surface area contributed by atoms with Crippen molar-refractivity contribution in [2.24, 2.45) is 7.05 Å². The highest BCUT2D eigenvalue weighted by Crippen LogP contribution is 2.43. The average molecular weight is 464 g/mol. The van der Waals surface area contributed by atoms with E-state index in [0.29, 0.717) is 11.4 Å². The molecule has 3 heterocycles. The molecule has 0 saturated heterocycles. The van der Waals surface area contributed by atoms with Crippen molar-refractivity contribution in [3.8, 4) is 22.8 Å². The molecule has 7 nitrogen and oxygen atoms in total. The van der Waals surface area contributed by atoms with E-state index in [2.05, 4.69) is 24.8 Å². The summed E-state index contributed by atoms with van der Waals surface area (Å²) in [5.41, 5.74) is 3.86. The molecule has 0 unspecified atom stereocenters. The van der Waals surface area contributed by atoms with Crippen LogP contribution in [0.5, 0.6) is 11.5 Å². The number of hydrogen-bond donors (Lipinski definition) is 1. The van der Waals surface area contributed by atoms with Gasteiger partial charge in [0.1, 0.15) is 5.82 Å². The summed E-state index contributed by atoms with van der Waals surface area (Å²) in [6.07, 6.45) is -1.96. The third-order valence-corrected chi connectivity index (χ3v) is 6.03. The number of benzene rings is 2. The van der Waals surface area contributed by atoms with E-state index in [-0.39, 0.29) is 17.4 Å². The second-order valence-electron chi connectivity index (χ2n) is 8.83. The maximum absolute atomic E-state index is 13.4. The van der Waals surface area contributed by atoms with Crippen LogP contribution in [0.4, 0.5) is 14.6 Å². The topological polar surface area (TPSA) is 78.3 Å². The summed E-state index contributed by atoms with van der Waals surface area (Å²) in [6, 6.07) is 13.9. The van der Waals surface area contributed by atoms with Crippen LogP contribution >= 0.6 is 0 Å². The fourth-order valence-corrected chi connectivity index (χ4v) is 3.92. The van der Waals surface area contributed by atoms with Crippen LogP contribution in [-0.2, 0) is 17.3 Å². The molecule has 1 amide bonds. The minimum Gasteiger partial charge on any atom is -0.395 e. The molecule has 34 heavy (non-hydrogen) atoms. The van der Waals surface area contributed by atoms with Gasteiger partial charge >= 0.3 is 6.29 Å². The van der Waals surface area contributed by atoms with Crippen LogP contribution < -0.4 is 14.8 Å². The zero-order valence-electron chi connectivity index (χ0n) is 19.0. The molecule has 2 aromatic heterocycles. The number of rotatable bonds is 4. The maximum Gasteiger partial charge on any atom is 0.586 e. The Morgan fingerprint density at radius 1 is 1.06 bits per heavy atom. The van der Waals surface area contributed by atoms with Crippen molar-refractivity contribution in [3.63, 3.8) is 0 Å². The van der Waals surface area contributed by atoms with Crippen LogP contribution in [0.2, 0.25) is 0 Å². The summed E-state index contributed by atoms with van der Waals surface area (Å²) in [4.78, 5) is 22.3. The molecule has 0 atom stereocenters. The predicted octanol–water partition coefficient (Wildman–Crippen LogP) is 5.18. The Bertz CT molecular complexity index is 1450. The summed E-state index contributed by atoms with van der Waals surface area (Å²) < 4.78 is 37.7. The number of fused-ring (bicyclic) bond motifs is 2. The highest BCUT2D eigenvalue weighted by Gasteiger charge is 2.44. The lowest BCUT2D eigenvalue weighted by molar-refractivity contribution is -0.286. The predicted molar refractivity (Wildman–Crippen MR) is 123 cm³/mol. The van der Waals surface area contributed by atoms with Gasteiger partial charge in [-0.05, 0) is 62.2 Å². The summed E-state index contributed by atoms with van der Waals surface area (Å²) in [5.74, 6) is -0.142. The molecule has 2 aromatic carbocycles. The molecule has 0 saturated carbocycles. The monoisotopic (exact) mass is 464 g/mol. The second-order valence-corrected chi connectivity index (χ2v) is 8.83. The number of amides is 1. The molecule has 0 spiro atoms. The van der Waals surface area contributed by atoms with Gasteiger partial charge in [0, 0.05) is 12.6 Å². The number of halogens is 2. The number of alkyl halides is 2. The van der Waals surface area contributed by atoms with Gasteiger partial charge in [-0.25, -0.2) is 9.97 Å². The van der Waals surface area contributed by atoms with E-state index in [1.807, 2.05) is 42.8 Å². The number of aryl methyl sites for hydroxylation is 2. The second kappa shape index (κ2) is 7.51. The molecule has 5 rings (SSSR count). The van der Waals surface area contributed by atoms with Gasteiger partial charge in [-0.3, -0.25) is 4.79 Å². The number of anilines is 1. The van der Waals surface area contributed by atoms with Crippen LogP contribution in [0.1, 0.15) is 25.0 Å². The number of aromatic nitrogens is 3. The number of imidazole rings is 1.